The van der Waals surface area contributed by atoms with Crippen LogP contribution in [0.4, 0.5) is 5.13 Å². The molecule has 1 aromatic carbocycles. The topological polar surface area (TPSA) is 81.4 Å². The number of fused-ring (bicyclic) bond motifs is 1. The van der Waals surface area contributed by atoms with E-state index < -0.39 is 11.9 Å². The summed E-state index contributed by atoms with van der Waals surface area (Å²) in [6, 6.07) is 7.33. The number of aromatic nitrogens is 1. The molecule has 2 heterocycles. The van der Waals surface area contributed by atoms with Crippen molar-refractivity contribution in [3.8, 4) is 0 Å². The van der Waals surface area contributed by atoms with Crippen LogP contribution in [0.1, 0.15) is 15.9 Å². The maximum Gasteiger partial charge on any atom is 0.341 e. The van der Waals surface area contributed by atoms with E-state index in [0.717, 1.165) is 15.8 Å². The number of carbonyl (C=O) groups excluding carboxylic acids is 2. The molecule has 112 valence electrons. The third-order valence-electron chi connectivity index (χ3n) is 2.88. The first-order valence-corrected chi connectivity index (χ1v) is 7.30. The van der Waals surface area contributed by atoms with E-state index >= 15 is 0 Å². The molecule has 0 aliphatic carbocycles. The summed E-state index contributed by atoms with van der Waals surface area (Å²) in [5, 5.41) is 3.10. The zero-order valence-corrected chi connectivity index (χ0v) is 12.5. The van der Waals surface area contributed by atoms with Gasteiger partial charge in [-0.05, 0) is 30.7 Å². The maximum atomic E-state index is 11.8. The number of carbonyl (C=O) groups is 2. The molecule has 0 fully saturated rings. The SMILES string of the molecule is Cc1ccc2nc(NC(=O)COC(=O)c3ccoc3)sc2c1. The van der Waals surface area contributed by atoms with Gasteiger partial charge in [-0.25, -0.2) is 9.78 Å². The summed E-state index contributed by atoms with van der Waals surface area (Å²) >= 11 is 1.37. The van der Waals surface area contributed by atoms with Crippen LogP contribution in [0.25, 0.3) is 10.2 Å². The van der Waals surface area contributed by atoms with Gasteiger partial charge in [0.25, 0.3) is 5.91 Å². The van der Waals surface area contributed by atoms with Gasteiger partial charge in [-0.3, -0.25) is 10.1 Å². The molecule has 1 amide bonds. The number of nitrogens with one attached hydrogen (secondary N) is 1. The first-order valence-electron chi connectivity index (χ1n) is 6.48. The van der Waals surface area contributed by atoms with Crippen molar-refractivity contribution < 1.29 is 18.7 Å². The number of hydrogen-bond acceptors (Lipinski definition) is 6. The predicted octanol–water partition coefficient (Wildman–Crippen LogP) is 2.99. The van der Waals surface area contributed by atoms with Gasteiger partial charge in [-0.2, -0.15) is 0 Å². The van der Waals surface area contributed by atoms with Crippen LogP contribution in [0.15, 0.2) is 41.2 Å². The van der Waals surface area contributed by atoms with E-state index in [9.17, 15) is 9.59 Å². The summed E-state index contributed by atoms with van der Waals surface area (Å²) in [6.07, 6.45) is 2.62. The lowest BCUT2D eigenvalue weighted by atomic mass is 10.2. The summed E-state index contributed by atoms with van der Waals surface area (Å²) in [6.45, 7) is 1.62. The van der Waals surface area contributed by atoms with Crippen LogP contribution in [0.2, 0.25) is 0 Å². The highest BCUT2D eigenvalue weighted by Crippen LogP contribution is 2.26. The van der Waals surface area contributed by atoms with Gasteiger partial charge >= 0.3 is 5.97 Å². The van der Waals surface area contributed by atoms with Crippen molar-refractivity contribution >= 4 is 38.6 Å². The fourth-order valence-electron chi connectivity index (χ4n) is 1.84. The Morgan fingerprint density at radius 1 is 1.36 bits per heavy atom. The zero-order chi connectivity index (χ0) is 15.5. The number of benzene rings is 1. The molecule has 22 heavy (non-hydrogen) atoms. The largest absolute Gasteiger partial charge is 0.472 e. The normalized spacial score (nSPS) is 10.6. The van der Waals surface area contributed by atoms with Crippen molar-refractivity contribution in [3.05, 3.63) is 47.9 Å². The standard InChI is InChI=1S/C15H12N2O4S/c1-9-2-3-11-12(6-9)22-15(16-11)17-13(18)8-21-14(19)10-4-5-20-7-10/h2-7H,8H2,1H3,(H,16,17,18). The van der Waals surface area contributed by atoms with Crippen molar-refractivity contribution in [3.63, 3.8) is 0 Å². The van der Waals surface area contributed by atoms with Gasteiger partial charge in [0.2, 0.25) is 0 Å². The molecule has 2 aromatic heterocycles. The average Bonchev–Trinajstić information content (AvgIpc) is 3.13. The van der Waals surface area contributed by atoms with Crippen molar-refractivity contribution in [1.82, 2.24) is 4.98 Å². The molecule has 0 aliphatic rings. The molecule has 0 unspecified atom stereocenters. The Morgan fingerprint density at radius 3 is 3.00 bits per heavy atom. The van der Waals surface area contributed by atoms with E-state index in [1.54, 1.807) is 0 Å². The number of furan rings is 1. The van der Waals surface area contributed by atoms with Gasteiger partial charge in [0.05, 0.1) is 22.0 Å². The summed E-state index contributed by atoms with van der Waals surface area (Å²) in [5.74, 6) is -1.04. The van der Waals surface area contributed by atoms with Crippen molar-refractivity contribution in [2.45, 2.75) is 6.92 Å². The minimum atomic E-state index is -0.608. The summed E-state index contributed by atoms with van der Waals surface area (Å²) in [7, 11) is 0. The number of aryl methyl sites for hydroxylation is 1. The Labute approximate surface area is 129 Å². The molecule has 0 aliphatic heterocycles. The third-order valence-corrected chi connectivity index (χ3v) is 3.82. The molecular formula is C15H12N2O4S. The molecule has 0 spiro atoms. The number of hydrogen-bond donors (Lipinski definition) is 1. The maximum absolute atomic E-state index is 11.8. The zero-order valence-electron chi connectivity index (χ0n) is 11.7. The molecule has 0 saturated carbocycles. The van der Waals surface area contributed by atoms with E-state index in [0.29, 0.717) is 5.13 Å². The van der Waals surface area contributed by atoms with Gasteiger partial charge in [0, 0.05) is 0 Å². The average molecular weight is 316 g/mol. The Balaban J connectivity index is 1.59. The van der Waals surface area contributed by atoms with E-state index in [1.165, 1.54) is 29.9 Å². The molecule has 7 heteroatoms. The lowest BCUT2D eigenvalue weighted by Crippen LogP contribution is -2.20. The fourth-order valence-corrected chi connectivity index (χ4v) is 2.82. The van der Waals surface area contributed by atoms with Crippen molar-refractivity contribution in [1.29, 1.82) is 0 Å². The van der Waals surface area contributed by atoms with Crippen molar-refractivity contribution in [2.24, 2.45) is 0 Å². The number of thiazole rings is 1. The lowest BCUT2D eigenvalue weighted by molar-refractivity contribution is -0.119. The molecule has 3 rings (SSSR count). The van der Waals surface area contributed by atoms with Gasteiger partial charge in [-0.1, -0.05) is 17.4 Å². The number of ether oxygens (including phenoxy) is 1. The van der Waals surface area contributed by atoms with Crippen LogP contribution in [-0.2, 0) is 9.53 Å². The van der Waals surface area contributed by atoms with Crippen LogP contribution in [0.5, 0.6) is 0 Å². The van der Waals surface area contributed by atoms with Gasteiger partial charge in [-0.15, -0.1) is 0 Å². The number of anilines is 1. The quantitative estimate of drug-likeness (QED) is 0.748. The molecule has 0 bridgehead atoms. The Morgan fingerprint density at radius 2 is 2.23 bits per heavy atom. The van der Waals surface area contributed by atoms with Crippen LogP contribution in [0, 0.1) is 6.92 Å². The second-order valence-electron chi connectivity index (χ2n) is 4.63. The monoisotopic (exact) mass is 316 g/mol. The molecule has 6 nitrogen and oxygen atoms in total. The Hall–Kier alpha value is -2.67. The number of amides is 1. The van der Waals surface area contributed by atoms with Gasteiger partial charge in [0.15, 0.2) is 11.7 Å². The van der Waals surface area contributed by atoms with E-state index in [2.05, 4.69) is 10.3 Å². The van der Waals surface area contributed by atoms with Crippen LogP contribution in [0.3, 0.4) is 0 Å². The second-order valence-corrected chi connectivity index (χ2v) is 5.66. The highest BCUT2D eigenvalue weighted by Gasteiger charge is 2.13. The number of rotatable bonds is 4. The first-order chi connectivity index (χ1) is 10.6. The van der Waals surface area contributed by atoms with Crippen molar-refractivity contribution in [2.75, 3.05) is 11.9 Å². The highest BCUT2D eigenvalue weighted by atomic mass is 32.1. The minimum absolute atomic E-state index is 0.267. The number of nitrogens with zero attached hydrogens (tertiary/aromatic N) is 1. The summed E-state index contributed by atoms with van der Waals surface area (Å²) in [4.78, 5) is 27.7. The molecule has 0 atom stereocenters. The van der Waals surface area contributed by atoms with Crippen LogP contribution < -0.4 is 5.32 Å². The van der Waals surface area contributed by atoms with Gasteiger partial charge in [0.1, 0.15) is 6.26 Å². The lowest BCUT2D eigenvalue weighted by Gasteiger charge is -2.02. The molecule has 0 saturated heterocycles. The Bertz CT molecular complexity index is 823. The smallest absolute Gasteiger partial charge is 0.341 e. The van der Waals surface area contributed by atoms with E-state index in [1.807, 2.05) is 25.1 Å². The van der Waals surface area contributed by atoms with E-state index in [-0.39, 0.29) is 12.2 Å². The van der Waals surface area contributed by atoms with E-state index in [4.69, 9.17) is 9.15 Å². The second kappa shape index (κ2) is 5.98. The predicted molar refractivity (Wildman–Crippen MR) is 82.0 cm³/mol. The number of esters is 1. The highest BCUT2D eigenvalue weighted by molar-refractivity contribution is 7.22. The Kier molecular flexibility index (Phi) is 3.88. The first kappa shape index (κ1) is 14.3. The summed E-state index contributed by atoms with van der Waals surface area (Å²) < 4.78 is 10.6. The molecule has 0 radical (unpaired) electrons. The molecule has 1 N–H and O–H groups in total. The fraction of sp³-hybridized carbons (Fsp3) is 0.133. The van der Waals surface area contributed by atoms with Gasteiger partial charge < -0.3 is 9.15 Å². The molecule has 3 aromatic rings. The third kappa shape index (κ3) is 3.15. The van der Waals surface area contributed by atoms with Crippen LogP contribution in [-0.4, -0.2) is 23.5 Å². The molecular weight excluding hydrogens is 304 g/mol. The minimum Gasteiger partial charge on any atom is -0.472 e. The summed E-state index contributed by atoms with van der Waals surface area (Å²) in [5.41, 5.74) is 2.22. The van der Waals surface area contributed by atoms with Crippen LogP contribution >= 0.6 is 11.3 Å².